The fraction of sp³-hybridized carbons (Fsp3) is 0. The minimum atomic E-state index is -4.77. The van der Waals surface area contributed by atoms with Crippen LogP contribution in [0.15, 0.2) is 60.7 Å². The van der Waals surface area contributed by atoms with Gasteiger partial charge in [-0.1, -0.05) is 54.6 Å². The molecule has 0 fully saturated rings. The van der Waals surface area contributed by atoms with Crippen LogP contribution < -0.4 is 9.92 Å². The average molecular weight is 343 g/mol. The molecule has 0 aliphatic rings. The van der Waals surface area contributed by atoms with Crippen LogP contribution in [0.3, 0.4) is 0 Å². The van der Waals surface area contributed by atoms with Gasteiger partial charge in [0.2, 0.25) is 0 Å². The van der Waals surface area contributed by atoms with E-state index in [4.69, 9.17) is 10.3 Å². The summed E-state index contributed by atoms with van der Waals surface area (Å²) in [5, 5.41) is 1.02. The number of ketones is 1. The number of nitrogens with two attached hydrogens (primary N) is 1. The molecule has 122 valence electrons. The van der Waals surface area contributed by atoms with E-state index in [1.165, 1.54) is 6.07 Å². The molecule has 3 aromatic rings. The van der Waals surface area contributed by atoms with Crippen molar-refractivity contribution < 1.29 is 21.9 Å². The number of anilines is 1. The van der Waals surface area contributed by atoms with E-state index < -0.39 is 10.4 Å². The topological polar surface area (TPSA) is 107 Å². The SMILES string of the molecule is Nc1c(OS(=O)(=O)O)cc(C(=O)c2ccccc2)c2ccccc12. The largest absolute Gasteiger partial charge is 0.446 e. The monoisotopic (exact) mass is 343 g/mol. The van der Waals surface area contributed by atoms with Crippen LogP contribution in [0, 0.1) is 0 Å². The highest BCUT2D eigenvalue weighted by Gasteiger charge is 2.20. The van der Waals surface area contributed by atoms with Crippen molar-refractivity contribution in [1.29, 1.82) is 0 Å². The van der Waals surface area contributed by atoms with Gasteiger partial charge in [0.1, 0.15) is 0 Å². The predicted octanol–water partition coefficient (Wildman–Crippen LogP) is 2.83. The van der Waals surface area contributed by atoms with Crippen LogP contribution >= 0.6 is 0 Å². The standard InChI is InChI=1S/C17H13NO5S/c18-16-13-9-5-4-8-12(13)14(10-15(16)23-24(20,21)22)17(19)11-6-2-1-3-7-11/h1-10H,18H2,(H,20,21,22). The van der Waals surface area contributed by atoms with Gasteiger partial charge < -0.3 is 9.92 Å². The van der Waals surface area contributed by atoms with Gasteiger partial charge in [0.15, 0.2) is 11.5 Å². The molecule has 0 amide bonds. The number of rotatable bonds is 4. The second kappa shape index (κ2) is 5.95. The van der Waals surface area contributed by atoms with Crippen LogP contribution in [0.4, 0.5) is 5.69 Å². The molecule has 0 aromatic heterocycles. The molecular weight excluding hydrogens is 330 g/mol. The molecule has 0 radical (unpaired) electrons. The Morgan fingerprint density at radius 1 is 0.958 bits per heavy atom. The Kier molecular flexibility index (Phi) is 3.96. The van der Waals surface area contributed by atoms with Crippen molar-refractivity contribution in [3.05, 3.63) is 71.8 Å². The smallest absolute Gasteiger partial charge is 0.395 e. The number of hydrogen-bond donors (Lipinski definition) is 2. The molecule has 24 heavy (non-hydrogen) atoms. The average Bonchev–Trinajstić information content (AvgIpc) is 2.56. The van der Waals surface area contributed by atoms with Crippen molar-refractivity contribution in [3.8, 4) is 5.75 Å². The zero-order valence-electron chi connectivity index (χ0n) is 12.3. The third-order valence-corrected chi connectivity index (χ3v) is 3.91. The van der Waals surface area contributed by atoms with E-state index in [1.807, 2.05) is 0 Å². The van der Waals surface area contributed by atoms with Crippen molar-refractivity contribution in [2.45, 2.75) is 0 Å². The Morgan fingerprint density at radius 2 is 1.54 bits per heavy atom. The van der Waals surface area contributed by atoms with Gasteiger partial charge in [-0.2, -0.15) is 8.42 Å². The summed E-state index contributed by atoms with van der Waals surface area (Å²) >= 11 is 0. The van der Waals surface area contributed by atoms with Crippen LogP contribution in [0.5, 0.6) is 5.75 Å². The van der Waals surface area contributed by atoms with Gasteiger partial charge in [-0.3, -0.25) is 9.35 Å². The molecule has 0 unspecified atom stereocenters. The van der Waals surface area contributed by atoms with Crippen molar-refractivity contribution >= 4 is 32.6 Å². The number of fused-ring (bicyclic) bond motifs is 1. The summed E-state index contributed by atoms with van der Waals surface area (Å²) in [5.74, 6) is -0.609. The first-order valence-electron chi connectivity index (χ1n) is 6.94. The molecule has 3 aromatic carbocycles. The summed E-state index contributed by atoms with van der Waals surface area (Å²) in [6.45, 7) is 0. The molecule has 0 atom stereocenters. The second-order valence-corrected chi connectivity index (χ2v) is 6.11. The van der Waals surface area contributed by atoms with Crippen LogP contribution in [-0.2, 0) is 10.4 Å². The van der Waals surface area contributed by atoms with Gasteiger partial charge in [-0.15, -0.1) is 0 Å². The maximum Gasteiger partial charge on any atom is 0.446 e. The summed E-state index contributed by atoms with van der Waals surface area (Å²) in [7, 11) is -4.77. The highest BCUT2D eigenvalue weighted by molar-refractivity contribution is 7.81. The van der Waals surface area contributed by atoms with Crippen LogP contribution in [-0.4, -0.2) is 18.8 Å². The highest BCUT2D eigenvalue weighted by Crippen LogP contribution is 2.35. The predicted molar refractivity (Wildman–Crippen MR) is 90.4 cm³/mol. The lowest BCUT2D eigenvalue weighted by Crippen LogP contribution is -2.10. The quantitative estimate of drug-likeness (QED) is 0.428. The van der Waals surface area contributed by atoms with Crippen molar-refractivity contribution in [2.75, 3.05) is 5.73 Å². The molecule has 0 saturated heterocycles. The summed E-state index contributed by atoms with van der Waals surface area (Å²) in [6, 6.07) is 16.5. The lowest BCUT2D eigenvalue weighted by atomic mass is 9.96. The van der Waals surface area contributed by atoms with Gasteiger partial charge in [0, 0.05) is 16.5 Å². The highest BCUT2D eigenvalue weighted by atomic mass is 32.3. The summed E-state index contributed by atoms with van der Waals surface area (Å²) < 4.78 is 35.5. The number of nitrogen functional groups attached to an aromatic ring is 1. The maximum absolute atomic E-state index is 12.8. The van der Waals surface area contributed by atoms with Gasteiger partial charge in [0.25, 0.3) is 0 Å². The van der Waals surface area contributed by atoms with Crippen LogP contribution in [0.25, 0.3) is 10.8 Å². The Hall–Kier alpha value is -2.90. The molecule has 3 rings (SSSR count). The van der Waals surface area contributed by atoms with Gasteiger partial charge in [-0.05, 0) is 11.5 Å². The minimum Gasteiger partial charge on any atom is -0.395 e. The molecule has 0 aliphatic carbocycles. The zero-order valence-corrected chi connectivity index (χ0v) is 13.2. The Bertz CT molecular complexity index is 1030. The maximum atomic E-state index is 12.8. The normalized spacial score (nSPS) is 11.4. The van der Waals surface area contributed by atoms with E-state index in [0.717, 1.165) is 0 Å². The van der Waals surface area contributed by atoms with E-state index in [1.54, 1.807) is 54.6 Å². The van der Waals surface area contributed by atoms with Gasteiger partial charge in [-0.25, -0.2) is 0 Å². The van der Waals surface area contributed by atoms with E-state index >= 15 is 0 Å². The summed E-state index contributed by atoms with van der Waals surface area (Å²) in [4.78, 5) is 12.8. The Labute approximate surface area is 138 Å². The van der Waals surface area contributed by atoms with Gasteiger partial charge in [0.05, 0.1) is 5.69 Å². The lowest BCUT2D eigenvalue weighted by Gasteiger charge is -2.12. The van der Waals surface area contributed by atoms with E-state index in [-0.39, 0.29) is 22.8 Å². The third kappa shape index (κ3) is 3.08. The number of carbonyl (C=O) groups is 1. The van der Waals surface area contributed by atoms with Crippen LogP contribution in [0.1, 0.15) is 15.9 Å². The van der Waals surface area contributed by atoms with Crippen LogP contribution in [0.2, 0.25) is 0 Å². The first kappa shape index (κ1) is 16.0. The van der Waals surface area contributed by atoms with Gasteiger partial charge >= 0.3 is 10.4 Å². The second-order valence-electron chi connectivity index (χ2n) is 5.09. The number of hydrogen-bond acceptors (Lipinski definition) is 5. The van der Waals surface area contributed by atoms with E-state index in [9.17, 15) is 13.2 Å². The Balaban J connectivity index is 2.27. The molecule has 0 bridgehead atoms. The molecule has 6 nitrogen and oxygen atoms in total. The van der Waals surface area contributed by atoms with Crippen molar-refractivity contribution in [3.63, 3.8) is 0 Å². The fourth-order valence-corrected chi connectivity index (χ4v) is 2.85. The molecule has 7 heteroatoms. The van der Waals surface area contributed by atoms with Crippen molar-refractivity contribution in [2.24, 2.45) is 0 Å². The number of benzene rings is 3. The molecule has 3 N–H and O–H groups in total. The van der Waals surface area contributed by atoms with E-state index in [0.29, 0.717) is 16.3 Å². The Morgan fingerprint density at radius 3 is 2.17 bits per heavy atom. The fourth-order valence-electron chi connectivity index (χ4n) is 2.49. The molecule has 0 saturated carbocycles. The summed E-state index contributed by atoms with van der Waals surface area (Å²) in [6.07, 6.45) is 0. The zero-order chi connectivity index (χ0) is 17.3. The molecule has 0 aliphatic heterocycles. The number of carbonyl (C=O) groups excluding carboxylic acids is 1. The summed E-state index contributed by atoms with van der Waals surface area (Å²) in [5.41, 5.74) is 6.61. The molecule has 0 spiro atoms. The first-order valence-corrected chi connectivity index (χ1v) is 8.31. The molecule has 0 heterocycles. The van der Waals surface area contributed by atoms with Crippen molar-refractivity contribution in [1.82, 2.24) is 0 Å². The third-order valence-electron chi connectivity index (χ3n) is 3.52. The lowest BCUT2D eigenvalue weighted by molar-refractivity contribution is 0.104. The van der Waals surface area contributed by atoms with E-state index in [2.05, 4.69) is 4.18 Å². The molecular formula is C17H13NO5S. The minimum absolute atomic E-state index is 0.0211. The first-order chi connectivity index (χ1) is 11.4.